The summed E-state index contributed by atoms with van der Waals surface area (Å²) in [6.45, 7) is 1.48. The van der Waals surface area contributed by atoms with Crippen LogP contribution in [0.25, 0.3) is 21.3 Å². The number of carbonyl (C=O) groups excluding carboxylic acids is 1. The summed E-state index contributed by atoms with van der Waals surface area (Å²) >= 11 is 1.38. The maximum absolute atomic E-state index is 12.6. The van der Waals surface area contributed by atoms with Crippen molar-refractivity contribution in [3.05, 3.63) is 82.2 Å². The number of nitrogens with one attached hydrogen (secondary N) is 1. The summed E-state index contributed by atoms with van der Waals surface area (Å²) in [6, 6.07) is 18.7. The molecule has 146 valence electrons. The molecule has 0 aliphatic rings. The minimum absolute atomic E-state index is 0.134. The van der Waals surface area contributed by atoms with E-state index < -0.39 is 12.1 Å². The van der Waals surface area contributed by atoms with Crippen LogP contribution < -0.4 is 10.3 Å². The molecular formula is C22H18N2O4S. The van der Waals surface area contributed by atoms with Gasteiger partial charge in [0.2, 0.25) is 0 Å². The van der Waals surface area contributed by atoms with Gasteiger partial charge in [-0.3, -0.25) is 4.79 Å². The van der Waals surface area contributed by atoms with E-state index in [0.717, 1.165) is 11.1 Å². The van der Waals surface area contributed by atoms with Gasteiger partial charge in [0.25, 0.3) is 5.56 Å². The number of hydrogen-bond donors (Lipinski definition) is 1. The molecule has 6 nitrogen and oxygen atoms in total. The fraction of sp³-hybridized carbons (Fsp3) is 0.136. The molecule has 1 atom stereocenters. The van der Waals surface area contributed by atoms with Gasteiger partial charge in [0.05, 0.1) is 5.39 Å². The first kappa shape index (κ1) is 18.9. The molecule has 0 aliphatic carbocycles. The van der Waals surface area contributed by atoms with Crippen LogP contribution in [0, 0.1) is 0 Å². The highest BCUT2D eigenvalue weighted by Crippen LogP contribution is 2.30. The number of hydrogen-bond acceptors (Lipinski definition) is 6. The maximum atomic E-state index is 12.6. The quantitative estimate of drug-likeness (QED) is 0.486. The van der Waals surface area contributed by atoms with Gasteiger partial charge in [-0.15, -0.1) is 11.3 Å². The number of ether oxygens (including phenoxy) is 2. The van der Waals surface area contributed by atoms with Gasteiger partial charge >= 0.3 is 5.97 Å². The Labute approximate surface area is 170 Å². The molecule has 0 unspecified atom stereocenters. The molecule has 4 rings (SSSR count). The predicted molar refractivity (Wildman–Crippen MR) is 112 cm³/mol. The van der Waals surface area contributed by atoms with Crippen LogP contribution in [0.4, 0.5) is 0 Å². The summed E-state index contributed by atoms with van der Waals surface area (Å²) in [5, 5.41) is 2.45. The third kappa shape index (κ3) is 4.20. The van der Waals surface area contributed by atoms with Crippen LogP contribution in [0.15, 0.2) is 70.8 Å². The number of fused-ring (bicyclic) bond motifs is 1. The number of esters is 1. The molecule has 0 spiro atoms. The lowest BCUT2D eigenvalue weighted by Crippen LogP contribution is -2.26. The number of rotatable bonds is 6. The molecule has 0 saturated carbocycles. The fourth-order valence-corrected chi connectivity index (χ4v) is 3.87. The summed E-state index contributed by atoms with van der Waals surface area (Å²) in [5.41, 5.74) is 1.54. The Morgan fingerprint density at radius 3 is 2.52 bits per heavy atom. The topological polar surface area (TPSA) is 81.3 Å². The van der Waals surface area contributed by atoms with Crippen LogP contribution in [0.1, 0.15) is 12.7 Å². The number of aromatic nitrogens is 2. The Balaban J connectivity index is 1.48. The van der Waals surface area contributed by atoms with Crippen molar-refractivity contribution in [3.8, 4) is 16.9 Å². The standard InChI is InChI=1S/C22H18N2O4S/c1-14(28-16-10-6-3-7-11-16)22(26)27-12-18-23-20(25)19-17(13-29-21(19)24-18)15-8-4-2-5-9-15/h2-11,13-14H,12H2,1H3,(H,23,24,25)/t14-/m0/s1. The van der Waals surface area contributed by atoms with Crippen LogP contribution in [0.3, 0.4) is 0 Å². The molecule has 2 aromatic carbocycles. The molecule has 0 bridgehead atoms. The van der Waals surface area contributed by atoms with Crippen molar-refractivity contribution in [2.45, 2.75) is 19.6 Å². The molecule has 0 fully saturated rings. The normalized spacial score (nSPS) is 11.9. The Hall–Kier alpha value is -3.45. The molecule has 29 heavy (non-hydrogen) atoms. The van der Waals surface area contributed by atoms with E-state index in [9.17, 15) is 9.59 Å². The number of nitrogens with zero attached hydrogens (tertiary/aromatic N) is 1. The summed E-state index contributed by atoms with van der Waals surface area (Å²) in [4.78, 5) is 32.6. The van der Waals surface area contributed by atoms with E-state index in [1.807, 2.05) is 53.9 Å². The second-order valence-electron chi connectivity index (χ2n) is 6.39. The van der Waals surface area contributed by atoms with Gasteiger partial charge in [0, 0.05) is 10.9 Å². The average molecular weight is 406 g/mol. The third-order valence-corrected chi connectivity index (χ3v) is 5.19. The van der Waals surface area contributed by atoms with Gasteiger partial charge in [0.15, 0.2) is 6.10 Å². The van der Waals surface area contributed by atoms with Crippen LogP contribution in [0.2, 0.25) is 0 Å². The number of H-pyrrole nitrogens is 1. The average Bonchev–Trinajstić information content (AvgIpc) is 3.18. The molecule has 1 N–H and O–H groups in total. The predicted octanol–water partition coefficient (Wildman–Crippen LogP) is 4.16. The van der Waals surface area contributed by atoms with Crippen molar-refractivity contribution in [3.63, 3.8) is 0 Å². The second kappa shape index (κ2) is 8.28. The minimum atomic E-state index is -0.778. The lowest BCUT2D eigenvalue weighted by atomic mass is 10.1. The highest BCUT2D eigenvalue weighted by atomic mass is 32.1. The van der Waals surface area contributed by atoms with Gasteiger partial charge in [-0.25, -0.2) is 9.78 Å². The van der Waals surface area contributed by atoms with E-state index >= 15 is 0 Å². The molecule has 2 aromatic heterocycles. The Kier molecular flexibility index (Phi) is 5.39. The van der Waals surface area contributed by atoms with Crippen LogP contribution in [-0.4, -0.2) is 22.0 Å². The number of benzene rings is 2. The van der Waals surface area contributed by atoms with Crippen molar-refractivity contribution >= 4 is 27.5 Å². The van der Waals surface area contributed by atoms with Gasteiger partial charge in [-0.1, -0.05) is 48.5 Å². The Bertz CT molecular complexity index is 1190. The lowest BCUT2D eigenvalue weighted by molar-refractivity contribution is -0.152. The lowest BCUT2D eigenvalue weighted by Gasteiger charge is -2.13. The molecule has 7 heteroatoms. The zero-order chi connectivity index (χ0) is 20.2. The molecular weight excluding hydrogens is 388 g/mol. The fourth-order valence-electron chi connectivity index (χ4n) is 2.90. The molecule has 0 aliphatic heterocycles. The molecule has 2 heterocycles. The third-order valence-electron chi connectivity index (χ3n) is 4.32. The smallest absolute Gasteiger partial charge is 0.347 e. The van der Waals surface area contributed by atoms with Crippen molar-refractivity contribution in [1.29, 1.82) is 0 Å². The zero-order valence-electron chi connectivity index (χ0n) is 15.6. The van der Waals surface area contributed by atoms with E-state index in [-0.39, 0.29) is 12.2 Å². The van der Waals surface area contributed by atoms with E-state index in [2.05, 4.69) is 9.97 Å². The summed E-state index contributed by atoms with van der Waals surface area (Å²) < 4.78 is 10.8. The highest BCUT2D eigenvalue weighted by Gasteiger charge is 2.18. The first-order valence-corrected chi connectivity index (χ1v) is 9.94. The van der Waals surface area contributed by atoms with Crippen LogP contribution in [-0.2, 0) is 16.1 Å². The van der Waals surface area contributed by atoms with Crippen molar-refractivity contribution < 1.29 is 14.3 Å². The first-order chi connectivity index (χ1) is 14.1. The van der Waals surface area contributed by atoms with E-state index in [4.69, 9.17) is 9.47 Å². The SMILES string of the molecule is C[C@H](Oc1ccccc1)C(=O)OCc1nc2scc(-c3ccccc3)c2c(=O)[nH]1. The van der Waals surface area contributed by atoms with E-state index in [1.54, 1.807) is 19.1 Å². The first-order valence-electron chi connectivity index (χ1n) is 9.06. The summed E-state index contributed by atoms with van der Waals surface area (Å²) in [7, 11) is 0. The van der Waals surface area contributed by atoms with E-state index in [1.165, 1.54) is 11.3 Å². The summed E-state index contributed by atoms with van der Waals surface area (Å²) in [6.07, 6.45) is -0.778. The number of aromatic amines is 1. The van der Waals surface area contributed by atoms with E-state index in [0.29, 0.717) is 21.8 Å². The van der Waals surface area contributed by atoms with Crippen molar-refractivity contribution in [2.24, 2.45) is 0 Å². The number of thiophene rings is 1. The van der Waals surface area contributed by atoms with Gasteiger partial charge in [-0.05, 0) is 24.6 Å². The van der Waals surface area contributed by atoms with Gasteiger partial charge in [-0.2, -0.15) is 0 Å². The molecule has 0 radical (unpaired) electrons. The molecule has 4 aromatic rings. The minimum Gasteiger partial charge on any atom is -0.479 e. The zero-order valence-corrected chi connectivity index (χ0v) is 16.4. The summed E-state index contributed by atoms with van der Waals surface area (Å²) in [5.74, 6) is 0.342. The Morgan fingerprint density at radius 2 is 1.79 bits per heavy atom. The number of para-hydroxylation sites is 1. The van der Waals surface area contributed by atoms with Crippen LogP contribution in [0.5, 0.6) is 5.75 Å². The van der Waals surface area contributed by atoms with Gasteiger partial charge < -0.3 is 14.5 Å². The molecule has 0 saturated heterocycles. The van der Waals surface area contributed by atoms with Crippen molar-refractivity contribution in [1.82, 2.24) is 9.97 Å². The highest BCUT2D eigenvalue weighted by molar-refractivity contribution is 7.17. The monoisotopic (exact) mass is 406 g/mol. The second-order valence-corrected chi connectivity index (χ2v) is 7.25. The van der Waals surface area contributed by atoms with Crippen LogP contribution >= 0.6 is 11.3 Å². The number of carbonyl (C=O) groups is 1. The maximum Gasteiger partial charge on any atom is 0.347 e. The van der Waals surface area contributed by atoms with Gasteiger partial charge in [0.1, 0.15) is 23.0 Å². The molecule has 0 amide bonds. The Morgan fingerprint density at radius 1 is 1.10 bits per heavy atom. The van der Waals surface area contributed by atoms with Crippen molar-refractivity contribution in [2.75, 3.05) is 0 Å². The largest absolute Gasteiger partial charge is 0.479 e.